The molecule has 0 bridgehead atoms. The summed E-state index contributed by atoms with van der Waals surface area (Å²) >= 11 is 5.98. The number of carbonyl (C=O) groups is 2. The van der Waals surface area contributed by atoms with Gasteiger partial charge in [0, 0.05) is 22.6 Å². The molecule has 28 heavy (non-hydrogen) atoms. The molecule has 1 aliphatic heterocycles. The first kappa shape index (κ1) is 18.4. The molecule has 1 amide bonds. The van der Waals surface area contributed by atoms with Gasteiger partial charge in [-0.25, -0.2) is 4.68 Å². The molecular formula is C22H20ClN3O2. The minimum absolute atomic E-state index is 0.0579. The van der Waals surface area contributed by atoms with E-state index in [1.54, 1.807) is 16.8 Å². The maximum absolute atomic E-state index is 13.2. The Labute approximate surface area is 168 Å². The number of amides is 1. The lowest BCUT2D eigenvalue weighted by Gasteiger charge is -2.23. The van der Waals surface area contributed by atoms with E-state index in [0.29, 0.717) is 16.4 Å². The first-order valence-corrected chi connectivity index (χ1v) is 9.64. The van der Waals surface area contributed by atoms with Gasteiger partial charge in [-0.2, -0.15) is 5.10 Å². The van der Waals surface area contributed by atoms with Gasteiger partial charge in [-0.15, -0.1) is 0 Å². The summed E-state index contributed by atoms with van der Waals surface area (Å²) in [6, 6.07) is 14.8. The molecule has 0 saturated heterocycles. The second-order valence-electron chi connectivity index (χ2n) is 6.96. The van der Waals surface area contributed by atoms with Crippen LogP contribution >= 0.6 is 11.6 Å². The molecule has 0 aliphatic carbocycles. The molecule has 0 unspecified atom stereocenters. The summed E-state index contributed by atoms with van der Waals surface area (Å²) in [6.07, 6.45) is 1.03. The van der Waals surface area contributed by atoms with Crippen LogP contribution in [0, 0.1) is 6.92 Å². The Kier molecular flexibility index (Phi) is 4.77. The summed E-state index contributed by atoms with van der Waals surface area (Å²) in [5.74, 6) is -0.236. The van der Waals surface area contributed by atoms with E-state index < -0.39 is 5.92 Å². The van der Waals surface area contributed by atoms with Crippen LogP contribution in [-0.4, -0.2) is 21.5 Å². The molecule has 5 nitrogen and oxygen atoms in total. The Bertz CT molecular complexity index is 1050. The molecule has 1 aromatic heterocycles. The van der Waals surface area contributed by atoms with Gasteiger partial charge in [0.2, 0.25) is 5.91 Å². The van der Waals surface area contributed by atoms with Crippen LogP contribution in [0.15, 0.2) is 48.5 Å². The zero-order valence-corrected chi connectivity index (χ0v) is 16.5. The molecule has 6 heteroatoms. The van der Waals surface area contributed by atoms with E-state index in [9.17, 15) is 9.59 Å². The first-order valence-electron chi connectivity index (χ1n) is 9.26. The number of carbonyl (C=O) groups excluding carboxylic acids is 2. The van der Waals surface area contributed by atoms with Crippen molar-refractivity contribution in [2.24, 2.45) is 0 Å². The topological polar surface area (TPSA) is 64.0 Å². The number of nitrogens with one attached hydrogen (secondary N) is 1. The Morgan fingerprint density at radius 2 is 1.86 bits per heavy atom. The highest BCUT2D eigenvalue weighted by Gasteiger charge is 2.36. The third-order valence-corrected chi connectivity index (χ3v) is 5.39. The standard InChI is InChI=1S/C22H20ClN3O2/c1-3-14-4-6-15(7-5-14)21(28)18-12-19(27)24-22-20(18)13(2)25-26(22)17-10-8-16(23)9-11-17/h4-11,18H,3,12H2,1-2H3,(H,24,27)/t18-/m1/s1. The van der Waals surface area contributed by atoms with Crippen LogP contribution in [0.1, 0.15) is 46.4 Å². The van der Waals surface area contributed by atoms with Gasteiger partial charge in [0.15, 0.2) is 5.78 Å². The molecule has 0 radical (unpaired) electrons. The summed E-state index contributed by atoms with van der Waals surface area (Å²) < 4.78 is 1.67. The third kappa shape index (κ3) is 3.22. The van der Waals surface area contributed by atoms with Crippen LogP contribution in [0.25, 0.3) is 5.69 Å². The Balaban J connectivity index is 1.77. The number of ketones is 1. The van der Waals surface area contributed by atoms with Crippen molar-refractivity contribution in [3.8, 4) is 5.69 Å². The van der Waals surface area contributed by atoms with Gasteiger partial charge in [-0.05, 0) is 43.2 Å². The Morgan fingerprint density at radius 1 is 1.18 bits per heavy atom. The van der Waals surface area contributed by atoms with Gasteiger partial charge in [0.05, 0.1) is 17.3 Å². The SMILES string of the molecule is CCc1ccc(C(=O)[C@@H]2CC(=O)Nc3c2c(C)nn3-c2ccc(Cl)cc2)cc1. The molecule has 0 saturated carbocycles. The van der Waals surface area contributed by atoms with Crippen LogP contribution in [0.2, 0.25) is 5.02 Å². The number of Topliss-reactive ketones (excluding diaryl/α,β-unsaturated/α-hetero) is 1. The first-order chi connectivity index (χ1) is 13.5. The largest absolute Gasteiger partial charge is 0.310 e. The number of rotatable bonds is 4. The van der Waals surface area contributed by atoms with Crippen LogP contribution in [0.4, 0.5) is 5.82 Å². The number of nitrogens with zero attached hydrogens (tertiary/aromatic N) is 2. The van der Waals surface area contributed by atoms with E-state index in [1.807, 2.05) is 43.3 Å². The lowest BCUT2D eigenvalue weighted by Crippen LogP contribution is -2.28. The Morgan fingerprint density at radius 3 is 2.50 bits per heavy atom. The molecular weight excluding hydrogens is 374 g/mol. The summed E-state index contributed by atoms with van der Waals surface area (Å²) in [7, 11) is 0. The Hall–Kier alpha value is -2.92. The highest BCUT2D eigenvalue weighted by Crippen LogP contribution is 2.38. The van der Waals surface area contributed by atoms with E-state index >= 15 is 0 Å². The maximum atomic E-state index is 13.2. The fourth-order valence-corrected chi connectivity index (χ4v) is 3.77. The fourth-order valence-electron chi connectivity index (χ4n) is 3.65. The molecule has 1 N–H and O–H groups in total. The molecule has 0 spiro atoms. The number of anilines is 1. The molecule has 4 rings (SSSR count). The molecule has 3 aromatic rings. The van der Waals surface area contributed by atoms with Crippen molar-refractivity contribution in [3.63, 3.8) is 0 Å². The van der Waals surface area contributed by atoms with Crippen molar-refractivity contribution >= 4 is 29.1 Å². The van der Waals surface area contributed by atoms with Crippen molar-refractivity contribution in [3.05, 3.63) is 75.9 Å². The lowest BCUT2D eigenvalue weighted by molar-refractivity contribution is -0.116. The zero-order valence-electron chi connectivity index (χ0n) is 15.7. The highest BCUT2D eigenvalue weighted by molar-refractivity contribution is 6.30. The molecule has 2 heterocycles. The number of hydrogen-bond acceptors (Lipinski definition) is 3. The third-order valence-electron chi connectivity index (χ3n) is 5.14. The summed E-state index contributed by atoms with van der Waals surface area (Å²) in [5, 5.41) is 8.10. The average molecular weight is 394 g/mol. The predicted octanol–water partition coefficient (Wildman–Crippen LogP) is 4.71. The molecule has 2 aromatic carbocycles. The van der Waals surface area contributed by atoms with Gasteiger partial charge < -0.3 is 5.32 Å². The normalized spacial score (nSPS) is 15.8. The van der Waals surface area contributed by atoms with Crippen molar-refractivity contribution in [1.29, 1.82) is 0 Å². The minimum Gasteiger partial charge on any atom is -0.310 e. The second-order valence-corrected chi connectivity index (χ2v) is 7.39. The quantitative estimate of drug-likeness (QED) is 0.653. The summed E-state index contributed by atoms with van der Waals surface area (Å²) in [6.45, 7) is 3.94. The van der Waals surface area contributed by atoms with Crippen molar-refractivity contribution < 1.29 is 9.59 Å². The number of aryl methyl sites for hydroxylation is 2. The number of benzene rings is 2. The average Bonchev–Trinajstić information content (AvgIpc) is 3.03. The number of hydrogen-bond donors (Lipinski definition) is 1. The lowest BCUT2D eigenvalue weighted by atomic mass is 9.85. The monoisotopic (exact) mass is 393 g/mol. The van der Waals surface area contributed by atoms with Gasteiger partial charge in [0.1, 0.15) is 5.82 Å². The van der Waals surface area contributed by atoms with E-state index in [0.717, 1.165) is 23.4 Å². The number of fused-ring (bicyclic) bond motifs is 1. The summed E-state index contributed by atoms with van der Waals surface area (Å²) in [4.78, 5) is 25.6. The minimum atomic E-state index is -0.544. The second kappa shape index (κ2) is 7.24. The molecule has 1 aliphatic rings. The van der Waals surface area contributed by atoms with Crippen LogP contribution < -0.4 is 5.32 Å². The summed E-state index contributed by atoms with van der Waals surface area (Å²) in [5.41, 5.74) is 4.06. The maximum Gasteiger partial charge on any atom is 0.226 e. The molecule has 0 fully saturated rings. The molecule has 142 valence electrons. The highest BCUT2D eigenvalue weighted by atomic mass is 35.5. The van der Waals surface area contributed by atoms with E-state index in [1.165, 1.54) is 5.56 Å². The van der Waals surface area contributed by atoms with Crippen LogP contribution in [-0.2, 0) is 11.2 Å². The smallest absolute Gasteiger partial charge is 0.226 e. The number of aromatic nitrogens is 2. The van der Waals surface area contributed by atoms with Crippen LogP contribution in [0.5, 0.6) is 0 Å². The fraction of sp³-hybridized carbons (Fsp3) is 0.227. The van der Waals surface area contributed by atoms with Gasteiger partial charge in [-0.3, -0.25) is 9.59 Å². The van der Waals surface area contributed by atoms with Gasteiger partial charge in [-0.1, -0.05) is 42.8 Å². The van der Waals surface area contributed by atoms with Gasteiger partial charge >= 0.3 is 0 Å². The van der Waals surface area contributed by atoms with Crippen LogP contribution in [0.3, 0.4) is 0 Å². The van der Waals surface area contributed by atoms with E-state index in [-0.39, 0.29) is 18.1 Å². The molecule has 1 atom stereocenters. The van der Waals surface area contributed by atoms with Crippen molar-refractivity contribution in [1.82, 2.24) is 9.78 Å². The van der Waals surface area contributed by atoms with Crippen molar-refractivity contribution in [2.45, 2.75) is 32.6 Å². The van der Waals surface area contributed by atoms with Gasteiger partial charge in [0.25, 0.3) is 0 Å². The van der Waals surface area contributed by atoms with Crippen molar-refractivity contribution in [2.75, 3.05) is 5.32 Å². The van der Waals surface area contributed by atoms with E-state index in [4.69, 9.17) is 11.6 Å². The van der Waals surface area contributed by atoms with E-state index in [2.05, 4.69) is 17.3 Å². The number of halogens is 1. The zero-order chi connectivity index (χ0) is 19.8. The predicted molar refractivity (Wildman–Crippen MR) is 109 cm³/mol.